The zero-order chi connectivity index (χ0) is 26.1. The van der Waals surface area contributed by atoms with Crippen LogP contribution in [-0.2, 0) is 9.59 Å². The van der Waals surface area contributed by atoms with Crippen molar-refractivity contribution in [2.24, 2.45) is 0 Å². The summed E-state index contributed by atoms with van der Waals surface area (Å²) in [4.78, 5) is 28.3. The molecule has 0 saturated carbocycles. The molecular formula is C28H25NO8. The lowest BCUT2D eigenvalue weighted by molar-refractivity contribution is -0.132. The molecule has 1 unspecified atom stereocenters. The van der Waals surface area contributed by atoms with Crippen LogP contribution in [-0.4, -0.2) is 44.4 Å². The van der Waals surface area contributed by atoms with E-state index in [1.54, 1.807) is 60.7 Å². The number of carbonyl (C=O) groups is 2. The fourth-order valence-electron chi connectivity index (χ4n) is 4.53. The van der Waals surface area contributed by atoms with Gasteiger partial charge in [-0.15, -0.1) is 0 Å². The number of fused-ring (bicyclic) bond motifs is 1. The van der Waals surface area contributed by atoms with Gasteiger partial charge in [-0.2, -0.15) is 0 Å². The Morgan fingerprint density at radius 1 is 0.973 bits per heavy atom. The van der Waals surface area contributed by atoms with Gasteiger partial charge in [-0.05, 0) is 48.9 Å². The van der Waals surface area contributed by atoms with E-state index in [9.17, 15) is 14.7 Å². The minimum Gasteiger partial charge on any atom is -0.507 e. The maximum Gasteiger partial charge on any atom is 0.300 e. The van der Waals surface area contributed by atoms with Crippen LogP contribution in [0.25, 0.3) is 5.76 Å². The summed E-state index contributed by atoms with van der Waals surface area (Å²) in [5, 5.41) is 11.4. The van der Waals surface area contributed by atoms with E-state index in [1.165, 1.54) is 19.1 Å². The van der Waals surface area contributed by atoms with Crippen molar-refractivity contribution >= 4 is 23.1 Å². The lowest BCUT2D eigenvalue weighted by atomic mass is 9.94. The van der Waals surface area contributed by atoms with Crippen LogP contribution < -0.4 is 28.6 Å². The topological polar surface area (TPSA) is 104 Å². The zero-order valence-corrected chi connectivity index (χ0v) is 20.5. The molecule has 3 aromatic rings. The third-order valence-corrected chi connectivity index (χ3v) is 6.22. The first-order valence-electron chi connectivity index (χ1n) is 11.6. The third-order valence-electron chi connectivity index (χ3n) is 6.22. The summed E-state index contributed by atoms with van der Waals surface area (Å²) >= 11 is 0. The molecule has 1 fully saturated rings. The highest BCUT2D eigenvalue weighted by molar-refractivity contribution is 6.51. The number of aliphatic hydroxyl groups excluding tert-OH is 1. The van der Waals surface area contributed by atoms with Crippen molar-refractivity contribution in [1.82, 2.24) is 0 Å². The molecule has 1 atom stereocenters. The lowest BCUT2D eigenvalue weighted by Gasteiger charge is -2.26. The summed E-state index contributed by atoms with van der Waals surface area (Å²) in [5.74, 6) is 0.482. The van der Waals surface area contributed by atoms with Gasteiger partial charge in [-0.25, -0.2) is 0 Å². The molecule has 5 rings (SSSR count). The quantitative estimate of drug-likeness (QED) is 0.286. The van der Waals surface area contributed by atoms with E-state index in [2.05, 4.69) is 0 Å². The number of ether oxygens (including phenoxy) is 5. The normalized spacial score (nSPS) is 17.7. The second kappa shape index (κ2) is 9.77. The van der Waals surface area contributed by atoms with E-state index < -0.39 is 17.7 Å². The van der Waals surface area contributed by atoms with Crippen molar-refractivity contribution in [2.45, 2.75) is 13.0 Å². The molecule has 0 bridgehead atoms. The number of anilines is 1. The predicted octanol–water partition coefficient (Wildman–Crippen LogP) is 4.46. The van der Waals surface area contributed by atoms with Gasteiger partial charge in [0.15, 0.2) is 23.0 Å². The number of hydrogen-bond donors (Lipinski definition) is 1. The van der Waals surface area contributed by atoms with Gasteiger partial charge in [0.2, 0.25) is 6.79 Å². The second-order valence-electron chi connectivity index (χ2n) is 8.28. The first-order valence-corrected chi connectivity index (χ1v) is 11.6. The minimum absolute atomic E-state index is 0.0624. The smallest absolute Gasteiger partial charge is 0.300 e. The van der Waals surface area contributed by atoms with Gasteiger partial charge < -0.3 is 28.8 Å². The Balaban J connectivity index is 1.71. The maximum absolute atomic E-state index is 13.5. The number of ketones is 1. The number of amides is 1. The van der Waals surface area contributed by atoms with Crippen molar-refractivity contribution in [3.05, 3.63) is 77.4 Å². The molecule has 2 aliphatic rings. The molecule has 1 N–H and O–H groups in total. The van der Waals surface area contributed by atoms with Gasteiger partial charge in [0.05, 0.1) is 32.4 Å². The lowest BCUT2D eigenvalue weighted by Crippen LogP contribution is -2.29. The highest BCUT2D eigenvalue weighted by Gasteiger charge is 2.47. The molecule has 0 spiro atoms. The maximum atomic E-state index is 13.5. The number of rotatable bonds is 7. The monoisotopic (exact) mass is 503 g/mol. The molecule has 0 radical (unpaired) electrons. The van der Waals surface area contributed by atoms with Crippen LogP contribution in [0.4, 0.5) is 5.69 Å². The fraction of sp³-hybridized carbons (Fsp3) is 0.214. The van der Waals surface area contributed by atoms with Crippen LogP contribution in [0.3, 0.4) is 0 Å². The third kappa shape index (κ3) is 4.18. The summed E-state index contributed by atoms with van der Waals surface area (Å²) < 4.78 is 27.3. The highest BCUT2D eigenvalue weighted by atomic mass is 16.7. The first-order chi connectivity index (χ1) is 18.0. The summed E-state index contributed by atoms with van der Waals surface area (Å²) in [6.07, 6.45) is 0. The van der Waals surface area contributed by atoms with Gasteiger partial charge in [0, 0.05) is 17.3 Å². The van der Waals surface area contributed by atoms with Gasteiger partial charge in [-0.1, -0.05) is 18.2 Å². The highest BCUT2D eigenvalue weighted by Crippen LogP contribution is 2.46. The Kier molecular flexibility index (Phi) is 6.35. The molecule has 0 aliphatic carbocycles. The Labute approximate surface area is 213 Å². The number of benzene rings is 3. The van der Waals surface area contributed by atoms with Crippen LogP contribution in [0, 0.1) is 0 Å². The van der Waals surface area contributed by atoms with E-state index in [-0.39, 0.29) is 18.1 Å². The van der Waals surface area contributed by atoms with Crippen LogP contribution >= 0.6 is 0 Å². The Bertz CT molecular complexity index is 1410. The van der Waals surface area contributed by atoms with Crippen molar-refractivity contribution in [2.75, 3.05) is 32.5 Å². The summed E-state index contributed by atoms with van der Waals surface area (Å²) in [5.41, 5.74) is 1.23. The van der Waals surface area contributed by atoms with Crippen LogP contribution in [0.15, 0.2) is 66.2 Å². The van der Waals surface area contributed by atoms with E-state index in [0.29, 0.717) is 52.2 Å². The van der Waals surface area contributed by atoms with Gasteiger partial charge in [0.1, 0.15) is 11.5 Å². The number of aliphatic hydroxyl groups is 1. The molecular weight excluding hydrogens is 478 g/mol. The summed E-state index contributed by atoms with van der Waals surface area (Å²) in [7, 11) is 3.01. The van der Waals surface area contributed by atoms with Gasteiger partial charge >= 0.3 is 0 Å². The zero-order valence-electron chi connectivity index (χ0n) is 20.5. The number of Topliss-reactive ketones (excluding diaryl/α,β-unsaturated/α-hetero) is 1. The van der Waals surface area contributed by atoms with Crippen LogP contribution in [0.5, 0.6) is 28.7 Å². The number of carbonyl (C=O) groups excluding carboxylic acids is 2. The summed E-state index contributed by atoms with van der Waals surface area (Å²) in [6, 6.07) is 15.8. The fourth-order valence-corrected chi connectivity index (χ4v) is 4.53. The van der Waals surface area contributed by atoms with Crippen LogP contribution in [0.1, 0.15) is 24.1 Å². The standard InChI is InChI=1S/C28H25NO8/c1-4-35-19-7-5-6-17(12-19)26(30)24-25(16-8-10-20(33-2)22(13-16)34-3)29(28(32)27(24)31)18-9-11-21-23(14-18)37-15-36-21/h5-14,25,30H,4,15H2,1-3H3/b26-24+. The van der Waals surface area contributed by atoms with Crippen molar-refractivity contribution in [3.63, 3.8) is 0 Å². The number of hydrogen-bond acceptors (Lipinski definition) is 8. The Morgan fingerprint density at radius 2 is 1.76 bits per heavy atom. The largest absolute Gasteiger partial charge is 0.507 e. The van der Waals surface area contributed by atoms with E-state index in [0.717, 1.165) is 0 Å². The van der Waals surface area contributed by atoms with Gasteiger partial charge in [0.25, 0.3) is 11.7 Å². The van der Waals surface area contributed by atoms with Gasteiger partial charge in [-0.3, -0.25) is 14.5 Å². The van der Waals surface area contributed by atoms with Crippen molar-refractivity contribution in [3.8, 4) is 28.7 Å². The molecule has 2 heterocycles. The molecule has 190 valence electrons. The number of nitrogens with zero attached hydrogens (tertiary/aromatic N) is 1. The Morgan fingerprint density at radius 3 is 2.51 bits per heavy atom. The van der Waals surface area contributed by atoms with E-state index in [4.69, 9.17) is 23.7 Å². The average molecular weight is 504 g/mol. The molecule has 1 amide bonds. The molecule has 1 saturated heterocycles. The molecule has 9 nitrogen and oxygen atoms in total. The first kappa shape index (κ1) is 24.1. The van der Waals surface area contributed by atoms with Crippen molar-refractivity contribution in [1.29, 1.82) is 0 Å². The van der Waals surface area contributed by atoms with Crippen LogP contribution in [0.2, 0.25) is 0 Å². The minimum atomic E-state index is -0.962. The number of methoxy groups -OCH3 is 2. The van der Waals surface area contributed by atoms with E-state index in [1.807, 2.05) is 6.92 Å². The Hall–Kier alpha value is -4.66. The average Bonchev–Trinajstić information content (AvgIpc) is 3.50. The van der Waals surface area contributed by atoms with Crippen molar-refractivity contribution < 1.29 is 38.4 Å². The predicted molar refractivity (Wildman–Crippen MR) is 135 cm³/mol. The SMILES string of the molecule is CCOc1cccc(/C(O)=C2\C(=O)C(=O)N(c3ccc4c(c3)OCO4)C2c2ccc(OC)c(OC)c2)c1. The molecule has 2 aliphatic heterocycles. The molecule has 9 heteroatoms. The second-order valence-corrected chi connectivity index (χ2v) is 8.28. The molecule has 0 aromatic heterocycles. The molecule has 3 aromatic carbocycles. The van der Waals surface area contributed by atoms with E-state index >= 15 is 0 Å². The summed E-state index contributed by atoms with van der Waals surface area (Å²) in [6.45, 7) is 2.34. The molecule has 37 heavy (non-hydrogen) atoms.